The van der Waals surface area contributed by atoms with Crippen molar-refractivity contribution in [1.29, 1.82) is 0 Å². The first-order chi connectivity index (χ1) is 8.16. The molecule has 0 aliphatic heterocycles. The van der Waals surface area contributed by atoms with Crippen LogP contribution in [0.4, 0.5) is 0 Å². The molecule has 4 heteroatoms. The van der Waals surface area contributed by atoms with Gasteiger partial charge >= 0.3 is 5.97 Å². The third-order valence-corrected chi connectivity index (χ3v) is 2.65. The van der Waals surface area contributed by atoms with Gasteiger partial charge in [-0.15, -0.1) is 0 Å². The Kier molecular flexibility index (Phi) is 3.23. The van der Waals surface area contributed by atoms with E-state index in [4.69, 9.17) is 5.11 Å². The van der Waals surface area contributed by atoms with Crippen LogP contribution in [0.2, 0.25) is 0 Å². The summed E-state index contributed by atoms with van der Waals surface area (Å²) in [6.07, 6.45) is 1.64. The third kappa shape index (κ3) is 2.72. The molecule has 0 bridgehead atoms. The number of aliphatic carboxylic acids is 1. The number of rotatable bonds is 4. The highest BCUT2D eigenvalue weighted by atomic mass is 16.4. The summed E-state index contributed by atoms with van der Waals surface area (Å²) in [5, 5.41) is 8.83. The van der Waals surface area contributed by atoms with Gasteiger partial charge in [-0.3, -0.25) is 4.79 Å². The third-order valence-electron chi connectivity index (χ3n) is 2.65. The lowest BCUT2D eigenvalue weighted by molar-refractivity contribution is -0.136. The van der Waals surface area contributed by atoms with Gasteiger partial charge in [0.2, 0.25) is 0 Å². The first-order valence-corrected chi connectivity index (χ1v) is 5.43. The first kappa shape index (κ1) is 11.4. The minimum Gasteiger partial charge on any atom is -0.481 e. The van der Waals surface area contributed by atoms with Crippen LogP contribution in [0.5, 0.6) is 0 Å². The molecule has 0 unspecified atom stereocenters. The highest BCUT2D eigenvalue weighted by Gasteiger charge is 2.10. The maximum absolute atomic E-state index is 10.7. The van der Waals surface area contributed by atoms with E-state index in [1.807, 2.05) is 41.8 Å². The second-order valence-corrected chi connectivity index (χ2v) is 3.94. The number of carbonyl (C=O) groups is 1. The summed E-state index contributed by atoms with van der Waals surface area (Å²) in [5.41, 5.74) is 1.87. The highest BCUT2D eigenvalue weighted by Crippen LogP contribution is 2.10. The summed E-state index contributed by atoms with van der Waals surface area (Å²) in [6, 6.07) is 9.94. The molecule has 2 aromatic rings. The normalized spacial score (nSPS) is 10.4. The lowest BCUT2D eigenvalue weighted by Crippen LogP contribution is -2.10. The molecule has 0 aliphatic carbocycles. The maximum Gasteiger partial charge on any atom is 0.309 e. The van der Waals surface area contributed by atoms with Crippen molar-refractivity contribution in [3.8, 4) is 0 Å². The Hall–Kier alpha value is -2.10. The summed E-state index contributed by atoms with van der Waals surface area (Å²) in [4.78, 5) is 14.9. The molecule has 0 radical (unpaired) electrons. The number of nitrogens with zero attached hydrogens (tertiary/aromatic N) is 2. The van der Waals surface area contributed by atoms with E-state index >= 15 is 0 Å². The Morgan fingerprint density at radius 1 is 1.35 bits per heavy atom. The molecule has 0 amide bonds. The van der Waals surface area contributed by atoms with Crippen LogP contribution in [0.1, 0.15) is 17.1 Å². The molecule has 1 N–H and O–H groups in total. The highest BCUT2D eigenvalue weighted by molar-refractivity contribution is 5.69. The Morgan fingerprint density at radius 2 is 2.06 bits per heavy atom. The van der Waals surface area contributed by atoms with Crippen LogP contribution < -0.4 is 0 Å². The molecule has 0 saturated carbocycles. The summed E-state index contributed by atoms with van der Waals surface area (Å²) < 4.78 is 1.93. The quantitative estimate of drug-likeness (QED) is 0.872. The van der Waals surface area contributed by atoms with Crippen molar-refractivity contribution in [3.05, 3.63) is 53.6 Å². The van der Waals surface area contributed by atoms with E-state index < -0.39 is 5.97 Å². The van der Waals surface area contributed by atoms with Crippen molar-refractivity contribution in [2.45, 2.75) is 19.9 Å². The lowest BCUT2D eigenvalue weighted by Gasteiger charge is -2.09. The summed E-state index contributed by atoms with van der Waals surface area (Å²) in [7, 11) is 0. The predicted molar refractivity (Wildman–Crippen MR) is 63.8 cm³/mol. The second-order valence-electron chi connectivity index (χ2n) is 3.94. The van der Waals surface area contributed by atoms with Gasteiger partial charge in [0.1, 0.15) is 5.82 Å². The minimum atomic E-state index is -0.834. The fourth-order valence-corrected chi connectivity index (χ4v) is 1.79. The molecule has 2 rings (SSSR count). The van der Waals surface area contributed by atoms with Gasteiger partial charge in [0.05, 0.1) is 6.42 Å². The van der Waals surface area contributed by atoms with Crippen molar-refractivity contribution in [1.82, 2.24) is 9.55 Å². The summed E-state index contributed by atoms with van der Waals surface area (Å²) in [6.45, 7) is 2.55. The largest absolute Gasteiger partial charge is 0.481 e. The van der Waals surface area contributed by atoms with Crippen LogP contribution in [-0.2, 0) is 17.8 Å². The van der Waals surface area contributed by atoms with Gasteiger partial charge in [-0.05, 0) is 12.5 Å². The van der Waals surface area contributed by atoms with E-state index in [-0.39, 0.29) is 6.42 Å². The average molecular weight is 230 g/mol. The molecule has 0 spiro atoms. The number of aryl methyl sites for hydroxylation is 1. The van der Waals surface area contributed by atoms with Gasteiger partial charge in [0, 0.05) is 18.4 Å². The van der Waals surface area contributed by atoms with Crippen LogP contribution in [0.15, 0.2) is 36.5 Å². The molecular formula is C13H14N2O2. The van der Waals surface area contributed by atoms with Crippen LogP contribution in [-0.4, -0.2) is 20.6 Å². The van der Waals surface area contributed by atoms with Crippen LogP contribution in [0, 0.1) is 6.92 Å². The summed E-state index contributed by atoms with van der Waals surface area (Å²) in [5.74, 6) is 0.00400. The molecule has 0 fully saturated rings. The Balaban J connectivity index is 2.26. The van der Waals surface area contributed by atoms with Crippen molar-refractivity contribution in [2.75, 3.05) is 0 Å². The Morgan fingerprint density at radius 3 is 2.71 bits per heavy atom. The van der Waals surface area contributed by atoms with Crippen LogP contribution >= 0.6 is 0 Å². The fraction of sp³-hybridized carbons (Fsp3) is 0.231. The number of hydrogen-bond acceptors (Lipinski definition) is 2. The summed E-state index contributed by atoms with van der Waals surface area (Å²) >= 11 is 0. The fourth-order valence-electron chi connectivity index (χ4n) is 1.79. The smallest absolute Gasteiger partial charge is 0.309 e. The first-order valence-electron chi connectivity index (χ1n) is 5.43. The number of carboxylic acids is 1. The molecule has 17 heavy (non-hydrogen) atoms. The van der Waals surface area contributed by atoms with E-state index in [2.05, 4.69) is 4.98 Å². The molecule has 1 aromatic carbocycles. The van der Waals surface area contributed by atoms with Gasteiger partial charge in [-0.1, -0.05) is 30.3 Å². The monoisotopic (exact) mass is 230 g/mol. The predicted octanol–water partition coefficient (Wildman–Crippen LogP) is 1.87. The van der Waals surface area contributed by atoms with E-state index in [0.717, 1.165) is 17.1 Å². The Labute approximate surface area is 99.5 Å². The lowest BCUT2D eigenvalue weighted by atomic mass is 10.2. The molecule has 0 aliphatic rings. The van der Waals surface area contributed by atoms with Crippen LogP contribution in [0.25, 0.3) is 0 Å². The van der Waals surface area contributed by atoms with E-state index in [0.29, 0.717) is 6.54 Å². The molecule has 1 heterocycles. The standard InChI is InChI=1S/C13H14N2O2/c1-10-14-8-12(7-13(16)17)15(10)9-11-5-3-2-4-6-11/h2-6,8H,7,9H2,1H3,(H,16,17). The minimum absolute atomic E-state index is 0.00761. The zero-order chi connectivity index (χ0) is 12.3. The van der Waals surface area contributed by atoms with E-state index in [1.54, 1.807) is 6.20 Å². The van der Waals surface area contributed by atoms with Gasteiger partial charge in [0.15, 0.2) is 0 Å². The van der Waals surface area contributed by atoms with Crippen molar-refractivity contribution in [3.63, 3.8) is 0 Å². The average Bonchev–Trinajstić information content (AvgIpc) is 2.62. The van der Waals surface area contributed by atoms with E-state index in [9.17, 15) is 4.79 Å². The molecule has 88 valence electrons. The topological polar surface area (TPSA) is 55.1 Å². The molecule has 4 nitrogen and oxygen atoms in total. The molecule has 1 aromatic heterocycles. The van der Waals surface area contributed by atoms with Crippen molar-refractivity contribution >= 4 is 5.97 Å². The van der Waals surface area contributed by atoms with Gasteiger partial charge in [0.25, 0.3) is 0 Å². The number of aromatic nitrogens is 2. The molecule has 0 atom stereocenters. The number of imidazole rings is 1. The number of benzene rings is 1. The zero-order valence-corrected chi connectivity index (χ0v) is 9.63. The molecular weight excluding hydrogens is 216 g/mol. The van der Waals surface area contributed by atoms with Gasteiger partial charge < -0.3 is 9.67 Å². The van der Waals surface area contributed by atoms with Crippen molar-refractivity contribution < 1.29 is 9.90 Å². The van der Waals surface area contributed by atoms with Gasteiger partial charge in [-0.2, -0.15) is 0 Å². The van der Waals surface area contributed by atoms with Crippen LogP contribution in [0.3, 0.4) is 0 Å². The van der Waals surface area contributed by atoms with E-state index in [1.165, 1.54) is 0 Å². The number of carboxylic acid groups (broad SMARTS) is 1. The van der Waals surface area contributed by atoms with Crippen molar-refractivity contribution in [2.24, 2.45) is 0 Å². The Bertz CT molecular complexity index is 517. The number of hydrogen-bond donors (Lipinski definition) is 1. The van der Waals surface area contributed by atoms with Gasteiger partial charge in [-0.25, -0.2) is 4.98 Å². The second kappa shape index (κ2) is 4.82. The zero-order valence-electron chi connectivity index (χ0n) is 9.63. The SMILES string of the molecule is Cc1ncc(CC(=O)O)n1Cc1ccccc1. The molecule has 0 saturated heterocycles. The maximum atomic E-state index is 10.7.